The van der Waals surface area contributed by atoms with Gasteiger partial charge in [0.15, 0.2) is 0 Å². The molecule has 77 heavy (non-hydrogen) atoms. The van der Waals surface area contributed by atoms with Crippen LogP contribution >= 0.6 is 0 Å². The molecule has 0 amide bonds. The minimum atomic E-state index is 0.300. The van der Waals surface area contributed by atoms with Crippen LogP contribution in [0.4, 0.5) is 0 Å². The summed E-state index contributed by atoms with van der Waals surface area (Å²) in [7, 11) is 1.64. The van der Waals surface area contributed by atoms with E-state index in [0.29, 0.717) is 324 Å². The summed E-state index contributed by atoms with van der Waals surface area (Å²) < 4.78 is 136. The molecule has 25 heteroatoms. The first kappa shape index (κ1) is 75.6. The Kier molecular flexibility index (Phi) is 73.2. The van der Waals surface area contributed by atoms with Gasteiger partial charge < -0.3 is 118 Å². The van der Waals surface area contributed by atoms with E-state index in [4.69, 9.17) is 125 Å². The molecule has 460 valence electrons. The van der Waals surface area contributed by atoms with Crippen LogP contribution in [0.15, 0.2) is 0 Å². The maximum atomic E-state index is 5.52. The maximum Gasteiger partial charge on any atom is 0.107 e. The molecule has 0 aromatic heterocycles. The highest BCUT2D eigenvalue weighted by molar-refractivity contribution is 4.82. The smallest absolute Gasteiger partial charge is 0.107 e. The number of rotatable bonds is 73. The molecular weight excluding hydrogens is 1020 g/mol. The van der Waals surface area contributed by atoms with Crippen LogP contribution < -0.4 is 0 Å². The summed E-state index contributed by atoms with van der Waals surface area (Å²) in [5.41, 5.74) is 0. The quantitative estimate of drug-likeness (QED) is 0.0602. The van der Waals surface area contributed by atoms with Gasteiger partial charge in [-0.2, -0.15) is 0 Å². The molecule has 0 aliphatic carbocycles. The first-order chi connectivity index (χ1) is 38.4. The van der Waals surface area contributed by atoms with Crippen molar-refractivity contribution in [1.29, 1.82) is 0 Å². The van der Waals surface area contributed by atoms with Gasteiger partial charge in [0, 0.05) is 7.11 Å². The fraction of sp³-hybridized carbons (Fsp3) is 0.962. The Hall–Kier alpha value is -1.44. The molecule has 0 radical (unpaired) electrons. The lowest BCUT2D eigenvalue weighted by atomic mass is 10.6. The van der Waals surface area contributed by atoms with E-state index in [-0.39, 0.29) is 0 Å². The molecule has 25 nitrogen and oxygen atoms in total. The topological polar surface area (TPSA) is 231 Å². The molecule has 0 unspecified atom stereocenters. The van der Waals surface area contributed by atoms with Crippen LogP contribution in [0.25, 0.3) is 0 Å². The molecule has 0 heterocycles. The van der Waals surface area contributed by atoms with Crippen molar-refractivity contribution in [3.8, 4) is 12.3 Å². The van der Waals surface area contributed by atoms with E-state index in [1.54, 1.807) is 7.11 Å². The summed E-state index contributed by atoms with van der Waals surface area (Å²) in [4.78, 5) is 0. The summed E-state index contributed by atoms with van der Waals surface area (Å²) in [6, 6.07) is 0. The number of hydrogen-bond acceptors (Lipinski definition) is 25. The lowest BCUT2D eigenvalue weighted by molar-refractivity contribution is -0.0320. The first-order valence-electron chi connectivity index (χ1n) is 27.2. The molecular formula is C52H102O25. The molecule has 0 atom stereocenters. The van der Waals surface area contributed by atoms with Crippen LogP contribution in [-0.2, 0) is 118 Å². The third-order valence-electron chi connectivity index (χ3n) is 9.17. The van der Waals surface area contributed by atoms with Gasteiger partial charge in [-0.1, -0.05) is 5.92 Å². The third-order valence-corrected chi connectivity index (χ3v) is 9.17. The van der Waals surface area contributed by atoms with Crippen molar-refractivity contribution in [2.45, 2.75) is 0 Å². The Balaban J connectivity index is 3.08. The summed E-state index contributed by atoms with van der Waals surface area (Å²) >= 11 is 0. The predicted molar refractivity (Wildman–Crippen MR) is 280 cm³/mol. The van der Waals surface area contributed by atoms with Crippen molar-refractivity contribution in [3.05, 3.63) is 0 Å². The van der Waals surface area contributed by atoms with Crippen LogP contribution in [-0.4, -0.2) is 331 Å². The van der Waals surface area contributed by atoms with Crippen molar-refractivity contribution in [1.82, 2.24) is 0 Å². The van der Waals surface area contributed by atoms with E-state index in [1.807, 2.05) is 0 Å². The van der Waals surface area contributed by atoms with Gasteiger partial charge in [-0.25, -0.2) is 0 Å². The molecule has 0 bridgehead atoms. The van der Waals surface area contributed by atoms with Crippen molar-refractivity contribution >= 4 is 0 Å². The van der Waals surface area contributed by atoms with Crippen LogP contribution in [0.2, 0.25) is 0 Å². The first-order valence-corrected chi connectivity index (χ1v) is 27.2. The van der Waals surface area contributed by atoms with Gasteiger partial charge in [-0.15, -0.1) is 6.42 Å². The van der Waals surface area contributed by atoms with E-state index < -0.39 is 0 Å². The predicted octanol–water partition coefficient (Wildman–Crippen LogP) is 0.664. The Bertz CT molecular complexity index is 1070. The monoisotopic (exact) mass is 1130 g/mol. The molecule has 0 aliphatic rings. The zero-order valence-corrected chi connectivity index (χ0v) is 46.9. The highest BCUT2D eigenvalue weighted by atomic mass is 16.6. The second-order valence-corrected chi connectivity index (χ2v) is 15.3. The van der Waals surface area contributed by atoms with Crippen LogP contribution in [0.3, 0.4) is 0 Å². The summed E-state index contributed by atoms with van der Waals surface area (Å²) in [5.74, 6) is 2.40. The van der Waals surface area contributed by atoms with Crippen molar-refractivity contribution in [2.24, 2.45) is 0 Å². The van der Waals surface area contributed by atoms with Crippen LogP contribution in [0.5, 0.6) is 0 Å². The average Bonchev–Trinajstić information content (AvgIpc) is 3.44. The van der Waals surface area contributed by atoms with Crippen molar-refractivity contribution in [3.63, 3.8) is 0 Å². The number of methoxy groups -OCH3 is 1. The van der Waals surface area contributed by atoms with Gasteiger partial charge >= 0.3 is 0 Å². The molecule has 0 N–H and O–H groups in total. The zero-order valence-electron chi connectivity index (χ0n) is 46.9. The maximum absolute atomic E-state index is 5.52. The average molecular weight is 1130 g/mol. The molecule has 0 aromatic carbocycles. The van der Waals surface area contributed by atoms with Gasteiger partial charge in [0.05, 0.1) is 317 Å². The fourth-order valence-corrected chi connectivity index (χ4v) is 5.33. The second kappa shape index (κ2) is 74.6. The number of ether oxygens (including phenoxy) is 25. The van der Waals surface area contributed by atoms with Gasteiger partial charge in [0.25, 0.3) is 0 Å². The van der Waals surface area contributed by atoms with Crippen LogP contribution in [0.1, 0.15) is 0 Å². The highest BCUT2D eigenvalue weighted by Gasteiger charge is 2.00. The van der Waals surface area contributed by atoms with Crippen molar-refractivity contribution < 1.29 is 118 Å². The molecule has 0 saturated heterocycles. The summed E-state index contributed by atoms with van der Waals surface area (Å²) in [5, 5.41) is 0. The van der Waals surface area contributed by atoms with Gasteiger partial charge in [-0.3, -0.25) is 0 Å². The Morgan fingerprint density at radius 1 is 0.156 bits per heavy atom. The van der Waals surface area contributed by atoms with Gasteiger partial charge in [0.2, 0.25) is 0 Å². The Labute approximate surface area is 460 Å². The molecule has 0 saturated carbocycles. The van der Waals surface area contributed by atoms with E-state index >= 15 is 0 Å². The normalized spacial score (nSPS) is 11.6. The summed E-state index contributed by atoms with van der Waals surface area (Å²) in [6.45, 7) is 24.3. The van der Waals surface area contributed by atoms with Crippen LogP contribution in [0, 0.1) is 12.3 Å². The molecule has 0 aromatic rings. The zero-order chi connectivity index (χ0) is 55.0. The minimum Gasteiger partial charge on any atom is -0.382 e. The SMILES string of the molecule is C#CCOCCOCCOCCOCCOCCOCCOCCOCCOCCOCCOCCOCCOCCOCCOCCOCCOCCOCCOCCOCCOCCOCCOCCOCCOC. The molecule has 0 spiro atoms. The highest BCUT2D eigenvalue weighted by Crippen LogP contribution is 1.91. The van der Waals surface area contributed by atoms with E-state index in [1.165, 1.54) is 0 Å². The van der Waals surface area contributed by atoms with E-state index in [2.05, 4.69) is 5.92 Å². The largest absolute Gasteiger partial charge is 0.382 e. The van der Waals surface area contributed by atoms with E-state index in [9.17, 15) is 0 Å². The lowest BCUT2D eigenvalue weighted by Crippen LogP contribution is -2.16. The summed E-state index contributed by atoms with van der Waals surface area (Å²) in [6.07, 6.45) is 5.10. The fourth-order valence-electron chi connectivity index (χ4n) is 5.33. The number of terminal acetylenes is 1. The third kappa shape index (κ3) is 74.6. The van der Waals surface area contributed by atoms with Gasteiger partial charge in [0.1, 0.15) is 6.61 Å². The lowest BCUT2D eigenvalue weighted by Gasteiger charge is -2.09. The molecule has 0 fully saturated rings. The number of hydrogen-bond donors (Lipinski definition) is 0. The standard InChI is InChI=1S/C52H102O25/c1-3-4-54-7-8-56-11-12-58-15-16-60-19-20-62-23-24-64-27-28-66-31-32-68-35-36-70-39-40-72-43-44-74-47-48-76-51-52-77-50-49-75-46-45-73-42-41-71-38-37-69-34-33-67-30-29-65-26-25-63-22-21-61-18-17-59-14-13-57-10-9-55-6-5-53-2/h1H,4-52H2,2H3. The van der Waals surface area contributed by atoms with E-state index in [0.717, 1.165) is 0 Å². The Morgan fingerprint density at radius 2 is 0.247 bits per heavy atom. The van der Waals surface area contributed by atoms with Crippen molar-refractivity contribution in [2.75, 3.05) is 331 Å². The molecule has 0 rings (SSSR count). The Morgan fingerprint density at radius 3 is 0.338 bits per heavy atom. The second-order valence-electron chi connectivity index (χ2n) is 15.3. The van der Waals surface area contributed by atoms with Gasteiger partial charge in [-0.05, 0) is 0 Å². The molecule has 0 aliphatic heterocycles. The minimum absolute atomic E-state index is 0.300.